The fourth-order valence-electron chi connectivity index (χ4n) is 6.31. The Balaban J connectivity index is 1.06. The Morgan fingerprint density at radius 3 is 2.29 bits per heavy atom. The maximum absolute atomic E-state index is 13.2. The maximum Gasteiger partial charge on any atom is 0.251 e. The molecule has 2 amide bonds. The van der Waals surface area contributed by atoms with Gasteiger partial charge in [-0.3, -0.25) is 14.4 Å². The number of fused-ring (bicyclic) bond motifs is 2. The number of carbonyl (C=O) groups excluding carboxylic acids is 3. The summed E-state index contributed by atoms with van der Waals surface area (Å²) in [5.74, 6) is 0.990. The van der Waals surface area contributed by atoms with Gasteiger partial charge in [0.15, 0.2) is 5.78 Å². The number of pyridine rings is 1. The van der Waals surface area contributed by atoms with Crippen molar-refractivity contribution in [2.75, 3.05) is 16.8 Å². The third-order valence-corrected chi connectivity index (χ3v) is 8.71. The number of benzene rings is 2. The van der Waals surface area contributed by atoms with Gasteiger partial charge in [-0.25, -0.2) is 4.98 Å². The Labute approximate surface area is 240 Å². The van der Waals surface area contributed by atoms with Crippen LogP contribution >= 0.6 is 0 Å². The predicted molar refractivity (Wildman–Crippen MR) is 159 cm³/mol. The average molecular weight is 552 g/mol. The first-order chi connectivity index (χ1) is 19.9. The van der Waals surface area contributed by atoms with E-state index in [1.807, 2.05) is 42.5 Å². The van der Waals surface area contributed by atoms with Gasteiger partial charge in [0.1, 0.15) is 5.82 Å². The molecule has 8 nitrogen and oxygen atoms in total. The maximum atomic E-state index is 13.2. The zero-order chi connectivity index (χ0) is 28.3. The zero-order valence-corrected chi connectivity index (χ0v) is 23.2. The number of carbonyl (C=O) groups is 3. The number of nitrogens with one attached hydrogen (secondary N) is 2. The Bertz CT molecular complexity index is 1410. The van der Waals surface area contributed by atoms with Gasteiger partial charge < -0.3 is 21.3 Å². The van der Waals surface area contributed by atoms with Gasteiger partial charge >= 0.3 is 0 Å². The van der Waals surface area contributed by atoms with E-state index in [4.69, 9.17) is 10.7 Å². The molecule has 1 aromatic heterocycles. The molecule has 3 aromatic rings. The molecule has 2 saturated heterocycles. The number of hydrogen-bond acceptors (Lipinski definition) is 6. The minimum Gasteiger partial charge on any atom is -0.384 e. The number of piperidine rings is 1. The number of primary amides is 1. The van der Waals surface area contributed by atoms with Crippen LogP contribution in [0.15, 0.2) is 66.9 Å². The highest BCUT2D eigenvalue weighted by Gasteiger charge is 2.42. The number of aromatic nitrogens is 1. The second-order valence-corrected chi connectivity index (χ2v) is 11.7. The number of nitrogens with zero attached hydrogens (tertiary/aromatic N) is 2. The van der Waals surface area contributed by atoms with Crippen molar-refractivity contribution >= 4 is 29.1 Å². The Kier molecular flexibility index (Phi) is 7.72. The van der Waals surface area contributed by atoms with Gasteiger partial charge in [-0.1, -0.05) is 30.3 Å². The van der Waals surface area contributed by atoms with E-state index < -0.39 is 5.91 Å². The highest BCUT2D eigenvalue weighted by molar-refractivity contribution is 6.02. The molecule has 8 heteroatoms. The zero-order valence-electron chi connectivity index (χ0n) is 23.2. The SMILES string of the molecule is NC(=O)c1ccc(C(=O)N[C@H]2C[C@H]3CC[C@@H](C2)N3c2ccc(C(=O)CCc3ccccc3)cn2)cc1NCC1CC1. The standard InChI is InChI=1S/C33H37N5O3/c34-32(40)28-13-9-23(16-29(28)35-19-22-6-7-22)33(41)37-25-17-26-11-12-27(18-25)38(26)31-15-10-24(20-36-31)30(39)14-8-21-4-2-1-3-5-21/h1-5,9-10,13,15-16,20,22,25-27,35H,6-8,11-12,14,17-19H2,(H2,34,40)(H,37,41)/t25-,26+,27-. The lowest BCUT2D eigenvalue weighted by molar-refractivity contribution is 0.0924. The Morgan fingerprint density at radius 1 is 0.902 bits per heavy atom. The second-order valence-electron chi connectivity index (χ2n) is 11.7. The molecule has 1 saturated carbocycles. The smallest absolute Gasteiger partial charge is 0.251 e. The van der Waals surface area contributed by atoms with E-state index in [1.54, 1.807) is 24.4 Å². The van der Waals surface area contributed by atoms with Crippen molar-refractivity contribution in [2.45, 2.75) is 69.5 Å². The fraction of sp³-hybridized carbons (Fsp3) is 0.394. The first kappa shape index (κ1) is 27.0. The molecule has 4 N–H and O–H groups in total. The van der Waals surface area contributed by atoms with Crippen LogP contribution in [0.2, 0.25) is 0 Å². The second kappa shape index (κ2) is 11.7. The van der Waals surface area contributed by atoms with Gasteiger partial charge in [0.2, 0.25) is 0 Å². The lowest BCUT2D eigenvalue weighted by Crippen LogP contribution is -2.50. The normalized spacial score (nSPS) is 21.4. The van der Waals surface area contributed by atoms with Crippen LogP contribution in [-0.2, 0) is 6.42 Å². The molecule has 0 spiro atoms. The molecule has 3 aliphatic rings. The molecule has 41 heavy (non-hydrogen) atoms. The number of ketones is 1. The molecule has 3 atom stereocenters. The number of anilines is 2. The molecule has 0 unspecified atom stereocenters. The van der Waals surface area contributed by atoms with Gasteiger partial charge in [-0.2, -0.15) is 0 Å². The number of rotatable bonds is 11. The lowest BCUT2D eigenvalue weighted by atomic mass is 9.96. The van der Waals surface area contributed by atoms with E-state index in [9.17, 15) is 14.4 Å². The van der Waals surface area contributed by atoms with Crippen molar-refractivity contribution in [1.29, 1.82) is 0 Å². The number of nitrogens with two attached hydrogens (primary N) is 1. The van der Waals surface area contributed by atoms with Crippen LogP contribution in [0.1, 0.15) is 81.6 Å². The summed E-state index contributed by atoms with van der Waals surface area (Å²) in [5.41, 5.74) is 8.92. The average Bonchev–Trinajstić information content (AvgIpc) is 3.78. The first-order valence-corrected chi connectivity index (χ1v) is 14.7. The van der Waals surface area contributed by atoms with Crippen LogP contribution in [-0.4, -0.2) is 47.3 Å². The summed E-state index contributed by atoms with van der Waals surface area (Å²) < 4.78 is 0. The molecule has 6 rings (SSSR count). The monoisotopic (exact) mass is 551 g/mol. The summed E-state index contributed by atoms with van der Waals surface area (Å²) in [7, 11) is 0. The first-order valence-electron chi connectivity index (χ1n) is 14.7. The van der Waals surface area contributed by atoms with Crippen molar-refractivity contribution in [1.82, 2.24) is 10.3 Å². The number of Topliss-reactive ketones (excluding diaryl/α,β-unsaturated/α-hetero) is 1. The van der Waals surface area contributed by atoms with E-state index >= 15 is 0 Å². The highest BCUT2D eigenvalue weighted by Crippen LogP contribution is 2.39. The van der Waals surface area contributed by atoms with E-state index in [-0.39, 0.29) is 17.7 Å². The number of aryl methyl sites for hydroxylation is 1. The molecule has 2 bridgehead atoms. The van der Waals surface area contributed by atoms with Crippen LogP contribution in [0.25, 0.3) is 0 Å². The van der Waals surface area contributed by atoms with Gasteiger partial charge in [0, 0.05) is 54.1 Å². The van der Waals surface area contributed by atoms with E-state index in [2.05, 4.69) is 15.5 Å². The minimum absolute atomic E-state index is 0.0637. The van der Waals surface area contributed by atoms with E-state index in [0.29, 0.717) is 46.8 Å². The Morgan fingerprint density at radius 2 is 1.63 bits per heavy atom. The molecule has 212 valence electrons. The van der Waals surface area contributed by atoms with Crippen LogP contribution in [0.3, 0.4) is 0 Å². The van der Waals surface area contributed by atoms with Gasteiger partial charge in [-0.05, 0) is 86.8 Å². The van der Waals surface area contributed by atoms with Crippen molar-refractivity contribution in [3.8, 4) is 0 Å². The molecular weight excluding hydrogens is 514 g/mol. The molecule has 0 radical (unpaired) electrons. The quantitative estimate of drug-likeness (QED) is 0.296. The largest absolute Gasteiger partial charge is 0.384 e. The summed E-state index contributed by atoms with van der Waals surface area (Å²) in [5, 5.41) is 6.55. The van der Waals surface area contributed by atoms with Gasteiger partial charge in [0.05, 0.1) is 5.56 Å². The lowest BCUT2D eigenvalue weighted by Gasteiger charge is -2.40. The van der Waals surface area contributed by atoms with Crippen LogP contribution < -0.4 is 21.3 Å². The molecule has 1 aliphatic carbocycles. The summed E-state index contributed by atoms with van der Waals surface area (Å²) in [6.07, 6.45) is 9.06. The summed E-state index contributed by atoms with van der Waals surface area (Å²) in [6, 6.07) is 19.6. The van der Waals surface area contributed by atoms with E-state index in [0.717, 1.165) is 50.0 Å². The van der Waals surface area contributed by atoms with Gasteiger partial charge in [-0.15, -0.1) is 0 Å². The highest BCUT2D eigenvalue weighted by atomic mass is 16.2. The molecule has 2 aromatic carbocycles. The summed E-state index contributed by atoms with van der Waals surface area (Å²) in [4.78, 5) is 44.9. The molecule has 3 heterocycles. The Hall–Kier alpha value is -4.20. The summed E-state index contributed by atoms with van der Waals surface area (Å²) in [6.45, 7) is 0.782. The molecular formula is C33H37N5O3. The summed E-state index contributed by atoms with van der Waals surface area (Å²) >= 11 is 0. The minimum atomic E-state index is -0.502. The molecule has 2 aliphatic heterocycles. The van der Waals surface area contributed by atoms with Crippen molar-refractivity contribution in [2.24, 2.45) is 11.7 Å². The topological polar surface area (TPSA) is 117 Å². The van der Waals surface area contributed by atoms with Crippen LogP contribution in [0, 0.1) is 5.92 Å². The fourth-order valence-corrected chi connectivity index (χ4v) is 6.31. The number of hydrogen-bond donors (Lipinski definition) is 3. The van der Waals surface area contributed by atoms with Crippen molar-refractivity contribution in [3.63, 3.8) is 0 Å². The molecule has 3 fully saturated rings. The van der Waals surface area contributed by atoms with Crippen molar-refractivity contribution in [3.05, 3.63) is 89.1 Å². The third-order valence-electron chi connectivity index (χ3n) is 8.71. The van der Waals surface area contributed by atoms with Crippen LogP contribution in [0.5, 0.6) is 0 Å². The van der Waals surface area contributed by atoms with Gasteiger partial charge in [0.25, 0.3) is 11.8 Å². The number of amides is 2. The van der Waals surface area contributed by atoms with Crippen molar-refractivity contribution < 1.29 is 14.4 Å². The predicted octanol–water partition coefficient (Wildman–Crippen LogP) is 4.75. The van der Waals surface area contributed by atoms with E-state index in [1.165, 1.54) is 12.8 Å². The third kappa shape index (κ3) is 6.26. The van der Waals surface area contributed by atoms with Crippen LogP contribution in [0.4, 0.5) is 11.5 Å².